The van der Waals surface area contributed by atoms with Crippen molar-refractivity contribution in [3.8, 4) is 0 Å². The fourth-order valence-electron chi connectivity index (χ4n) is 1.56. The normalized spacial score (nSPS) is 11.3. The monoisotopic (exact) mass is 288 g/mol. The maximum absolute atomic E-state index is 13.6. The van der Waals surface area contributed by atoms with Crippen molar-refractivity contribution in [1.29, 1.82) is 0 Å². The van der Waals surface area contributed by atoms with E-state index in [9.17, 15) is 17.6 Å². The van der Waals surface area contributed by atoms with Gasteiger partial charge in [-0.3, -0.25) is 4.79 Å². The van der Waals surface area contributed by atoms with Crippen LogP contribution in [0.4, 0.5) is 10.1 Å². The first-order valence-electron chi connectivity index (χ1n) is 5.72. The zero-order valence-electron chi connectivity index (χ0n) is 10.9. The molecule has 0 aromatic heterocycles. The van der Waals surface area contributed by atoms with Gasteiger partial charge in [0.1, 0.15) is 15.7 Å². The number of hydrogen-bond acceptors (Lipinski definition) is 4. The maximum Gasteiger partial charge on any atom is 0.248 e. The predicted molar refractivity (Wildman–Crippen MR) is 72.5 cm³/mol. The summed E-state index contributed by atoms with van der Waals surface area (Å²) in [5.74, 6) is -1.18. The summed E-state index contributed by atoms with van der Waals surface area (Å²) < 4.78 is 35.5. The van der Waals surface area contributed by atoms with Crippen LogP contribution in [0.15, 0.2) is 12.1 Å². The quantitative estimate of drug-likeness (QED) is 0.767. The van der Waals surface area contributed by atoms with Gasteiger partial charge >= 0.3 is 0 Å². The number of anilines is 1. The van der Waals surface area contributed by atoms with Crippen molar-refractivity contribution in [2.24, 2.45) is 5.73 Å². The number of amides is 1. The molecular weight excluding hydrogens is 271 g/mol. The number of primary amides is 1. The van der Waals surface area contributed by atoms with Crippen LogP contribution in [0.25, 0.3) is 0 Å². The fourth-order valence-corrected chi connectivity index (χ4v) is 2.23. The summed E-state index contributed by atoms with van der Waals surface area (Å²) in [6, 6.07) is 2.54. The number of rotatable bonds is 6. The number of benzene rings is 1. The van der Waals surface area contributed by atoms with Crippen LogP contribution in [0.5, 0.6) is 0 Å². The Morgan fingerprint density at radius 2 is 2.05 bits per heavy atom. The van der Waals surface area contributed by atoms with Gasteiger partial charge in [-0.05, 0) is 25.5 Å². The van der Waals surface area contributed by atoms with Crippen LogP contribution >= 0.6 is 0 Å². The Bertz CT molecular complexity index is 585. The Balaban J connectivity index is 2.75. The molecule has 0 saturated heterocycles. The fraction of sp³-hybridized carbons (Fsp3) is 0.417. The predicted octanol–water partition coefficient (Wildman–Crippen LogP) is 1.08. The maximum atomic E-state index is 13.6. The molecule has 106 valence electrons. The first-order valence-corrected chi connectivity index (χ1v) is 7.78. The second-order valence-electron chi connectivity index (χ2n) is 4.41. The third-order valence-corrected chi connectivity index (χ3v) is 3.67. The van der Waals surface area contributed by atoms with Crippen LogP contribution in [-0.2, 0) is 9.84 Å². The number of halogens is 1. The first kappa shape index (κ1) is 15.4. The van der Waals surface area contributed by atoms with Crippen molar-refractivity contribution in [3.63, 3.8) is 0 Å². The van der Waals surface area contributed by atoms with Crippen LogP contribution in [0.3, 0.4) is 0 Å². The largest absolute Gasteiger partial charge is 0.385 e. The number of nitrogens with one attached hydrogen (secondary N) is 1. The summed E-state index contributed by atoms with van der Waals surface area (Å²) in [5, 5.41) is 2.91. The molecule has 1 aromatic carbocycles. The van der Waals surface area contributed by atoms with E-state index in [0.29, 0.717) is 24.2 Å². The Morgan fingerprint density at radius 1 is 1.42 bits per heavy atom. The average molecular weight is 288 g/mol. The molecule has 0 bridgehead atoms. The molecule has 0 unspecified atom stereocenters. The van der Waals surface area contributed by atoms with E-state index in [2.05, 4.69) is 5.32 Å². The topological polar surface area (TPSA) is 89.3 Å². The van der Waals surface area contributed by atoms with Crippen LogP contribution in [0, 0.1) is 12.7 Å². The van der Waals surface area contributed by atoms with Gasteiger partial charge in [-0.15, -0.1) is 0 Å². The summed E-state index contributed by atoms with van der Waals surface area (Å²) in [4.78, 5) is 11.0. The molecule has 1 aromatic rings. The molecule has 7 heteroatoms. The third-order valence-electron chi connectivity index (χ3n) is 2.64. The minimum atomic E-state index is -3.01. The Morgan fingerprint density at radius 3 is 2.58 bits per heavy atom. The highest BCUT2D eigenvalue weighted by atomic mass is 32.2. The van der Waals surface area contributed by atoms with E-state index in [-0.39, 0.29) is 11.3 Å². The minimum absolute atomic E-state index is 0.0526. The zero-order chi connectivity index (χ0) is 14.6. The summed E-state index contributed by atoms with van der Waals surface area (Å²) in [6.07, 6.45) is 1.56. The summed E-state index contributed by atoms with van der Waals surface area (Å²) in [5.41, 5.74) is 5.99. The van der Waals surface area contributed by atoms with Crippen molar-refractivity contribution < 1.29 is 17.6 Å². The van der Waals surface area contributed by atoms with Crippen LogP contribution < -0.4 is 11.1 Å². The summed E-state index contributed by atoms with van der Waals surface area (Å²) >= 11 is 0. The third kappa shape index (κ3) is 4.86. The van der Waals surface area contributed by atoms with Crippen LogP contribution in [0.1, 0.15) is 22.3 Å². The molecule has 0 radical (unpaired) electrons. The van der Waals surface area contributed by atoms with Gasteiger partial charge in [-0.2, -0.15) is 0 Å². The number of hydrogen-bond donors (Lipinski definition) is 2. The molecule has 0 atom stereocenters. The molecule has 0 fully saturated rings. The van der Waals surface area contributed by atoms with Crippen molar-refractivity contribution in [3.05, 3.63) is 29.1 Å². The molecule has 1 rings (SSSR count). The van der Waals surface area contributed by atoms with E-state index in [1.807, 2.05) is 0 Å². The molecule has 0 heterocycles. The number of nitrogens with two attached hydrogens (primary N) is 1. The van der Waals surface area contributed by atoms with Gasteiger partial charge in [0.2, 0.25) is 5.91 Å². The lowest BCUT2D eigenvalue weighted by Gasteiger charge is -2.11. The molecule has 0 spiro atoms. The smallest absolute Gasteiger partial charge is 0.248 e. The Hall–Kier alpha value is -1.63. The first-order chi connectivity index (χ1) is 8.70. The highest BCUT2D eigenvalue weighted by molar-refractivity contribution is 7.90. The van der Waals surface area contributed by atoms with Gasteiger partial charge < -0.3 is 11.1 Å². The highest BCUT2D eigenvalue weighted by Crippen LogP contribution is 2.20. The molecule has 0 aliphatic heterocycles. The van der Waals surface area contributed by atoms with Crippen molar-refractivity contribution in [2.75, 3.05) is 23.9 Å². The highest BCUT2D eigenvalue weighted by Gasteiger charge is 2.10. The van der Waals surface area contributed by atoms with Gasteiger partial charge in [0, 0.05) is 29.6 Å². The molecule has 0 aliphatic carbocycles. The second kappa shape index (κ2) is 6.01. The van der Waals surface area contributed by atoms with E-state index in [1.54, 1.807) is 6.92 Å². The molecule has 5 nitrogen and oxygen atoms in total. The van der Waals surface area contributed by atoms with Crippen LogP contribution in [-0.4, -0.2) is 32.9 Å². The minimum Gasteiger partial charge on any atom is -0.385 e. The molecule has 0 aliphatic rings. The van der Waals surface area contributed by atoms with Gasteiger partial charge in [-0.1, -0.05) is 0 Å². The Kier molecular flexibility index (Phi) is 4.88. The van der Waals surface area contributed by atoms with E-state index in [0.717, 1.165) is 12.3 Å². The van der Waals surface area contributed by atoms with Crippen molar-refractivity contribution in [1.82, 2.24) is 0 Å². The molecular formula is C12H17FN2O3S. The summed E-state index contributed by atoms with van der Waals surface area (Å²) in [6.45, 7) is 1.94. The Labute approximate surface area is 111 Å². The average Bonchev–Trinajstić information content (AvgIpc) is 2.27. The zero-order valence-corrected chi connectivity index (χ0v) is 11.7. The lowest BCUT2D eigenvalue weighted by Crippen LogP contribution is -2.14. The standard InChI is InChI=1S/C12H17FN2O3S/c1-8-10(13)6-9(12(14)16)7-11(8)15-4-3-5-19(2,17)18/h6-7,15H,3-5H2,1-2H3,(H2,14,16). The molecule has 1 amide bonds. The van der Waals surface area contributed by atoms with E-state index in [4.69, 9.17) is 5.73 Å². The lowest BCUT2D eigenvalue weighted by atomic mass is 10.1. The molecule has 19 heavy (non-hydrogen) atoms. The van der Waals surface area contributed by atoms with Gasteiger partial charge in [0.15, 0.2) is 0 Å². The second-order valence-corrected chi connectivity index (χ2v) is 6.66. The van der Waals surface area contributed by atoms with Gasteiger partial charge in [0.25, 0.3) is 0 Å². The van der Waals surface area contributed by atoms with Crippen molar-refractivity contribution >= 4 is 21.4 Å². The van der Waals surface area contributed by atoms with E-state index < -0.39 is 21.6 Å². The number of carbonyl (C=O) groups excluding carboxylic acids is 1. The number of carbonyl (C=O) groups is 1. The van der Waals surface area contributed by atoms with E-state index in [1.165, 1.54) is 6.07 Å². The SMILES string of the molecule is Cc1c(F)cc(C(N)=O)cc1NCCCS(C)(=O)=O. The van der Waals surface area contributed by atoms with Crippen LogP contribution in [0.2, 0.25) is 0 Å². The number of sulfone groups is 1. The summed E-state index contributed by atoms with van der Waals surface area (Å²) in [7, 11) is -3.01. The lowest BCUT2D eigenvalue weighted by molar-refractivity contribution is 0.1000. The van der Waals surface area contributed by atoms with E-state index >= 15 is 0 Å². The van der Waals surface area contributed by atoms with Gasteiger partial charge in [-0.25, -0.2) is 12.8 Å². The van der Waals surface area contributed by atoms with Crippen molar-refractivity contribution in [2.45, 2.75) is 13.3 Å². The van der Waals surface area contributed by atoms with Gasteiger partial charge in [0.05, 0.1) is 5.75 Å². The molecule has 3 N–H and O–H groups in total. The molecule has 0 saturated carbocycles.